The van der Waals surface area contributed by atoms with Gasteiger partial charge >= 0.3 is 5.97 Å². The third kappa shape index (κ3) is 4.80. The van der Waals surface area contributed by atoms with Crippen LogP contribution in [0.1, 0.15) is 36.8 Å². The average molecular weight is 412 g/mol. The predicted molar refractivity (Wildman–Crippen MR) is 108 cm³/mol. The summed E-state index contributed by atoms with van der Waals surface area (Å²) >= 11 is 6.00. The molecule has 0 bridgehead atoms. The van der Waals surface area contributed by atoms with E-state index >= 15 is 0 Å². The smallest absolute Gasteiger partial charge is 0.344 e. The Morgan fingerprint density at radius 1 is 1.31 bits per heavy atom. The first-order valence-corrected chi connectivity index (χ1v) is 8.93. The molecule has 1 aromatic carbocycles. The minimum atomic E-state index is -0.684. The normalized spacial score (nSPS) is 11.0. The van der Waals surface area contributed by atoms with Gasteiger partial charge in [0, 0.05) is 16.8 Å². The molecule has 0 aliphatic rings. The molecule has 9 nitrogen and oxygen atoms in total. The molecule has 0 atom stereocenters. The van der Waals surface area contributed by atoms with E-state index in [2.05, 4.69) is 20.4 Å². The van der Waals surface area contributed by atoms with Crippen molar-refractivity contribution in [3.8, 4) is 12.0 Å². The summed E-state index contributed by atoms with van der Waals surface area (Å²) in [6.07, 6.45) is 1.27. The van der Waals surface area contributed by atoms with Gasteiger partial charge in [-0.15, -0.1) is 0 Å². The van der Waals surface area contributed by atoms with E-state index in [9.17, 15) is 10.1 Å². The van der Waals surface area contributed by atoms with E-state index in [4.69, 9.17) is 22.1 Å². The molecular formula is C19H18ClN7O2. The van der Waals surface area contributed by atoms with Crippen LogP contribution in [0.5, 0.6) is 0 Å². The lowest BCUT2D eigenvalue weighted by Gasteiger charge is -2.19. The highest BCUT2D eigenvalue weighted by molar-refractivity contribution is 6.30. The SMILES string of the molecule is CC(C)(C)OC(=O)c1cnn(-c2nc(C#N)cc(Nc3cccc(Cl)c3)n2)c1N. The van der Waals surface area contributed by atoms with E-state index in [0.717, 1.165) is 0 Å². The van der Waals surface area contributed by atoms with Crippen LogP contribution in [0.15, 0.2) is 36.5 Å². The average Bonchev–Trinajstić information content (AvgIpc) is 3.01. The maximum atomic E-state index is 12.3. The molecule has 0 saturated heterocycles. The molecule has 0 radical (unpaired) electrons. The van der Waals surface area contributed by atoms with Gasteiger partial charge in [-0.25, -0.2) is 4.79 Å². The Kier molecular flexibility index (Phi) is 5.39. The Morgan fingerprint density at radius 3 is 2.72 bits per heavy atom. The highest BCUT2D eigenvalue weighted by Crippen LogP contribution is 2.22. The van der Waals surface area contributed by atoms with Gasteiger partial charge in [-0.2, -0.15) is 25.0 Å². The summed E-state index contributed by atoms with van der Waals surface area (Å²) in [5.41, 5.74) is 6.23. The first-order valence-electron chi connectivity index (χ1n) is 8.55. The quantitative estimate of drug-likeness (QED) is 0.623. The maximum absolute atomic E-state index is 12.3. The van der Waals surface area contributed by atoms with Gasteiger partial charge in [0.15, 0.2) is 0 Å². The van der Waals surface area contributed by atoms with Crippen molar-refractivity contribution in [1.82, 2.24) is 19.7 Å². The third-order valence-electron chi connectivity index (χ3n) is 3.54. The Labute approximate surface area is 172 Å². The second-order valence-electron chi connectivity index (χ2n) is 7.04. The fraction of sp³-hybridized carbons (Fsp3) is 0.211. The Hall–Kier alpha value is -3.64. The van der Waals surface area contributed by atoms with Crippen molar-refractivity contribution in [3.05, 3.63) is 52.8 Å². The Balaban J connectivity index is 1.97. The number of nitrogens with zero attached hydrogens (tertiary/aromatic N) is 5. The monoisotopic (exact) mass is 411 g/mol. The van der Waals surface area contributed by atoms with E-state index in [-0.39, 0.29) is 23.0 Å². The number of hydrogen-bond acceptors (Lipinski definition) is 8. The standard InChI is InChI=1S/C19H18ClN7O2/c1-19(2,3)29-17(28)14-10-23-27(16(14)22)18-25-13(9-21)8-15(26-18)24-12-6-4-5-11(20)7-12/h4-8,10H,22H2,1-3H3,(H,24,25,26). The summed E-state index contributed by atoms with van der Waals surface area (Å²) in [4.78, 5) is 20.8. The molecule has 0 amide bonds. The molecular weight excluding hydrogens is 394 g/mol. The molecule has 0 spiro atoms. The second-order valence-corrected chi connectivity index (χ2v) is 7.48. The number of esters is 1. The van der Waals surface area contributed by atoms with Gasteiger partial charge in [0.2, 0.25) is 0 Å². The van der Waals surface area contributed by atoms with Gasteiger partial charge < -0.3 is 15.8 Å². The van der Waals surface area contributed by atoms with Crippen LogP contribution in [-0.4, -0.2) is 31.3 Å². The Bertz CT molecular complexity index is 1110. The van der Waals surface area contributed by atoms with Crippen LogP contribution < -0.4 is 11.1 Å². The largest absolute Gasteiger partial charge is 0.456 e. The zero-order chi connectivity index (χ0) is 21.2. The number of benzene rings is 1. The molecule has 29 heavy (non-hydrogen) atoms. The van der Waals surface area contributed by atoms with Crippen molar-refractivity contribution >= 4 is 34.9 Å². The van der Waals surface area contributed by atoms with E-state index in [1.54, 1.807) is 45.0 Å². The van der Waals surface area contributed by atoms with Gasteiger partial charge in [-0.1, -0.05) is 17.7 Å². The summed E-state index contributed by atoms with van der Waals surface area (Å²) in [6.45, 7) is 5.25. The first kappa shape index (κ1) is 20.1. The summed E-state index contributed by atoms with van der Waals surface area (Å²) in [6, 6.07) is 10.4. The number of aromatic nitrogens is 4. The molecule has 3 rings (SSSR count). The van der Waals surface area contributed by atoms with Crippen molar-refractivity contribution in [1.29, 1.82) is 5.26 Å². The minimum absolute atomic E-state index is 0.00282. The minimum Gasteiger partial charge on any atom is -0.456 e. The van der Waals surface area contributed by atoms with Crippen LogP contribution in [0.25, 0.3) is 5.95 Å². The predicted octanol–water partition coefficient (Wildman–Crippen LogP) is 3.47. The highest BCUT2D eigenvalue weighted by atomic mass is 35.5. The molecule has 0 unspecified atom stereocenters. The number of carbonyl (C=O) groups excluding carboxylic acids is 1. The van der Waals surface area contributed by atoms with Gasteiger partial charge in [-0.05, 0) is 39.0 Å². The van der Waals surface area contributed by atoms with Crippen LogP contribution in [0.2, 0.25) is 5.02 Å². The van der Waals surface area contributed by atoms with Crippen molar-refractivity contribution in [2.75, 3.05) is 11.1 Å². The molecule has 0 aliphatic carbocycles. The summed E-state index contributed by atoms with van der Waals surface area (Å²) in [5.74, 6) is -0.249. The zero-order valence-corrected chi connectivity index (χ0v) is 16.7. The van der Waals surface area contributed by atoms with Crippen molar-refractivity contribution in [2.45, 2.75) is 26.4 Å². The molecule has 3 aromatic rings. The van der Waals surface area contributed by atoms with Crippen LogP contribution >= 0.6 is 11.6 Å². The molecule has 2 heterocycles. The fourth-order valence-corrected chi connectivity index (χ4v) is 2.56. The summed E-state index contributed by atoms with van der Waals surface area (Å²) < 4.78 is 6.49. The van der Waals surface area contributed by atoms with Crippen LogP contribution in [0, 0.1) is 11.3 Å². The number of nitriles is 1. The van der Waals surface area contributed by atoms with Crippen LogP contribution in [0.3, 0.4) is 0 Å². The zero-order valence-electron chi connectivity index (χ0n) is 16.0. The van der Waals surface area contributed by atoms with Gasteiger partial charge in [0.1, 0.15) is 34.6 Å². The molecule has 148 valence electrons. The summed E-state index contributed by atoms with van der Waals surface area (Å²) in [5, 5.41) is 17.0. The number of rotatable bonds is 4. The number of nitrogens with one attached hydrogen (secondary N) is 1. The molecule has 0 saturated carbocycles. The number of nitrogens with two attached hydrogens (primary N) is 1. The van der Waals surface area contributed by atoms with Gasteiger partial charge in [0.05, 0.1) is 6.20 Å². The molecule has 0 aliphatic heterocycles. The van der Waals surface area contributed by atoms with Crippen molar-refractivity contribution in [2.24, 2.45) is 0 Å². The number of ether oxygens (including phenoxy) is 1. The Morgan fingerprint density at radius 2 is 2.07 bits per heavy atom. The van der Waals surface area contributed by atoms with Crippen molar-refractivity contribution < 1.29 is 9.53 Å². The number of anilines is 3. The number of halogens is 1. The van der Waals surface area contributed by atoms with Crippen LogP contribution in [0.4, 0.5) is 17.3 Å². The summed E-state index contributed by atoms with van der Waals surface area (Å²) in [7, 11) is 0. The lowest BCUT2D eigenvalue weighted by Crippen LogP contribution is -2.24. The maximum Gasteiger partial charge on any atom is 0.344 e. The molecule has 2 aromatic heterocycles. The lowest BCUT2D eigenvalue weighted by atomic mass is 10.2. The molecule has 10 heteroatoms. The first-order chi connectivity index (χ1) is 13.7. The van der Waals surface area contributed by atoms with E-state index < -0.39 is 11.6 Å². The van der Waals surface area contributed by atoms with Crippen LogP contribution in [-0.2, 0) is 4.74 Å². The lowest BCUT2D eigenvalue weighted by molar-refractivity contribution is 0.00708. The fourth-order valence-electron chi connectivity index (χ4n) is 2.37. The number of nitrogen functional groups attached to an aromatic ring is 1. The highest BCUT2D eigenvalue weighted by Gasteiger charge is 2.24. The van der Waals surface area contributed by atoms with E-state index in [1.807, 2.05) is 6.07 Å². The topological polar surface area (TPSA) is 132 Å². The number of carbonyl (C=O) groups is 1. The molecule has 3 N–H and O–H groups in total. The van der Waals surface area contributed by atoms with Gasteiger partial charge in [0.25, 0.3) is 5.95 Å². The van der Waals surface area contributed by atoms with E-state index in [0.29, 0.717) is 16.5 Å². The van der Waals surface area contributed by atoms with E-state index in [1.165, 1.54) is 16.9 Å². The second kappa shape index (κ2) is 7.77. The molecule has 0 fully saturated rings. The third-order valence-corrected chi connectivity index (χ3v) is 3.78. The van der Waals surface area contributed by atoms with Crippen molar-refractivity contribution in [3.63, 3.8) is 0 Å². The number of hydrogen-bond donors (Lipinski definition) is 2. The van der Waals surface area contributed by atoms with Gasteiger partial charge in [-0.3, -0.25) is 0 Å².